The lowest BCUT2D eigenvalue weighted by molar-refractivity contribution is -0.0732. The van der Waals surface area contributed by atoms with Crippen LogP contribution in [0.25, 0.3) is 0 Å². The monoisotopic (exact) mass is 354 g/mol. The van der Waals surface area contributed by atoms with Crippen LogP contribution < -0.4 is 4.74 Å². The van der Waals surface area contributed by atoms with Crippen LogP contribution in [0.5, 0.6) is 5.75 Å². The maximum absolute atomic E-state index is 6.32. The topological polar surface area (TPSA) is 18.5 Å². The minimum Gasteiger partial charge on any atom is -0.497 e. The van der Waals surface area contributed by atoms with Crippen LogP contribution in [0.4, 0.5) is 0 Å². The van der Waals surface area contributed by atoms with E-state index in [4.69, 9.17) is 9.47 Å². The van der Waals surface area contributed by atoms with Gasteiger partial charge in [-0.1, -0.05) is 41.9 Å². The molecule has 0 bridgehead atoms. The van der Waals surface area contributed by atoms with Gasteiger partial charge in [0.05, 0.1) is 19.3 Å². The fourth-order valence-corrected chi connectivity index (χ4v) is 3.83. The highest BCUT2D eigenvalue weighted by Gasteiger charge is 2.36. The maximum Gasteiger partial charge on any atom is 0.118 e. The van der Waals surface area contributed by atoms with E-state index in [1.165, 1.54) is 18.4 Å². The van der Waals surface area contributed by atoms with Gasteiger partial charge in [0.15, 0.2) is 0 Å². The minimum absolute atomic E-state index is 0.0192. The van der Waals surface area contributed by atoms with Crippen LogP contribution in [0.3, 0.4) is 0 Å². The first kappa shape index (κ1) is 16.8. The summed E-state index contributed by atoms with van der Waals surface area (Å²) in [6.07, 6.45) is 4.90. The van der Waals surface area contributed by atoms with E-state index in [-0.39, 0.29) is 5.60 Å². The first-order valence-electron chi connectivity index (χ1n) is 7.91. The fraction of sp³-hybridized carbons (Fsp3) is 0.667. The molecule has 0 N–H and O–H groups in total. The number of ether oxygens (including phenoxy) is 2. The van der Waals surface area contributed by atoms with E-state index in [2.05, 4.69) is 41.9 Å². The molecule has 1 aliphatic carbocycles. The maximum atomic E-state index is 6.32. The lowest BCUT2D eigenvalue weighted by Crippen LogP contribution is -2.39. The van der Waals surface area contributed by atoms with Crippen molar-refractivity contribution in [3.63, 3.8) is 0 Å². The van der Waals surface area contributed by atoms with Crippen LogP contribution in [0, 0.1) is 11.8 Å². The van der Waals surface area contributed by atoms with Gasteiger partial charge in [0, 0.05) is 5.33 Å². The zero-order valence-electron chi connectivity index (χ0n) is 13.4. The van der Waals surface area contributed by atoms with Crippen LogP contribution in [0.1, 0.15) is 45.1 Å². The van der Waals surface area contributed by atoms with Crippen molar-refractivity contribution >= 4 is 15.9 Å². The quantitative estimate of drug-likeness (QED) is 0.654. The summed E-state index contributed by atoms with van der Waals surface area (Å²) in [7, 11) is 1.69. The SMILES string of the molecule is COc1ccc(COC2(CBr)CCC(C(C)C)CC2)cc1. The first-order chi connectivity index (χ1) is 10.1. The molecule has 1 saturated carbocycles. The Balaban J connectivity index is 1.90. The summed E-state index contributed by atoms with van der Waals surface area (Å²) in [5.41, 5.74) is 1.23. The molecule has 0 atom stereocenters. The van der Waals surface area contributed by atoms with Crippen LogP contribution >= 0.6 is 15.9 Å². The lowest BCUT2D eigenvalue weighted by atomic mass is 9.75. The Bertz CT molecular complexity index is 419. The fourth-order valence-electron chi connectivity index (χ4n) is 3.11. The zero-order valence-corrected chi connectivity index (χ0v) is 15.0. The lowest BCUT2D eigenvalue weighted by Gasteiger charge is -2.40. The second kappa shape index (κ2) is 7.64. The van der Waals surface area contributed by atoms with E-state index in [0.29, 0.717) is 6.61 Å². The molecule has 0 spiro atoms. The van der Waals surface area contributed by atoms with Crippen molar-refractivity contribution in [3.8, 4) is 5.75 Å². The predicted octanol–water partition coefficient (Wildman–Crippen LogP) is 5.19. The normalized spacial score (nSPS) is 26.0. The Hall–Kier alpha value is -0.540. The average molecular weight is 355 g/mol. The standard InChI is InChI=1S/C18H27BrO2/c1-14(2)16-8-10-18(13-19,11-9-16)21-12-15-4-6-17(20-3)7-5-15/h4-7,14,16H,8-13H2,1-3H3. The molecule has 3 heteroatoms. The number of methoxy groups -OCH3 is 1. The van der Waals surface area contributed by atoms with E-state index < -0.39 is 0 Å². The number of alkyl halides is 1. The minimum atomic E-state index is 0.0192. The summed E-state index contributed by atoms with van der Waals surface area (Å²) in [5, 5.41) is 0.932. The van der Waals surface area contributed by atoms with Crippen molar-refractivity contribution < 1.29 is 9.47 Å². The molecule has 0 aliphatic heterocycles. The molecule has 1 aromatic carbocycles. The predicted molar refractivity (Wildman–Crippen MR) is 91.1 cm³/mol. The van der Waals surface area contributed by atoms with Gasteiger partial charge >= 0.3 is 0 Å². The second-order valence-electron chi connectivity index (χ2n) is 6.53. The smallest absolute Gasteiger partial charge is 0.118 e. The molecular formula is C18H27BrO2. The highest BCUT2D eigenvalue weighted by atomic mass is 79.9. The summed E-state index contributed by atoms with van der Waals surface area (Å²) >= 11 is 3.68. The summed E-state index contributed by atoms with van der Waals surface area (Å²) in [5.74, 6) is 2.55. The Morgan fingerprint density at radius 2 is 1.81 bits per heavy atom. The third-order valence-corrected chi connectivity index (χ3v) is 5.85. The van der Waals surface area contributed by atoms with Crippen LogP contribution in [0.15, 0.2) is 24.3 Å². The molecule has 118 valence electrons. The molecule has 1 aromatic rings. The summed E-state index contributed by atoms with van der Waals surface area (Å²) in [6, 6.07) is 8.16. The first-order valence-corrected chi connectivity index (χ1v) is 9.03. The Morgan fingerprint density at radius 1 is 1.19 bits per heavy atom. The molecule has 2 nitrogen and oxygen atoms in total. The molecule has 1 aliphatic rings. The van der Waals surface area contributed by atoms with E-state index in [9.17, 15) is 0 Å². The van der Waals surface area contributed by atoms with Crippen molar-refractivity contribution in [1.29, 1.82) is 0 Å². The molecule has 0 heterocycles. The molecule has 0 aromatic heterocycles. The van der Waals surface area contributed by atoms with Crippen molar-refractivity contribution in [2.75, 3.05) is 12.4 Å². The van der Waals surface area contributed by atoms with Crippen LogP contribution in [-0.4, -0.2) is 18.0 Å². The zero-order chi connectivity index (χ0) is 15.3. The highest BCUT2D eigenvalue weighted by molar-refractivity contribution is 9.09. The summed E-state index contributed by atoms with van der Waals surface area (Å²) in [4.78, 5) is 0. The van der Waals surface area contributed by atoms with Gasteiger partial charge in [0.25, 0.3) is 0 Å². The molecule has 2 rings (SSSR count). The Kier molecular flexibility index (Phi) is 6.12. The second-order valence-corrected chi connectivity index (χ2v) is 7.10. The number of benzene rings is 1. The van der Waals surface area contributed by atoms with Gasteiger partial charge in [-0.15, -0.1) is 0 Å². The third-order valence-electron chi connectivity index (χ3n) is 4.83. The Labute approximate surface area is 137 Å². The van der Waals surface area contributed by atoms with E-state index in [0.717, 1.165) is 35.8 Å². The van der Waals surface area contributed by atoms with Crippen molar-refractivity contribution in [1.82, 2.24) is 0 Å². The average Bonchev–Trinajstić information content (AvgIpc) is 2.53. The van der Waals surface area contributed by atoms with Crippen LogP contribution in [0.2, 0.25) is 0 Å². The number of rotatable bonds is 6. The third kappa shape index (κ3) is 4.46. The molecule has 0 saturated heterocycles. The number of hydrogen-bond donors (Lipinski definition) is 0. The van der Waals surface area contributed by atoms with Crippen LogP contribution in [-0.2, 0) is 11.3 Å². The van der Waals surface area contributed by atoms with Gasteiger partial charge < -0.3 is 9.47 Å². The molecule has 0 radical (unpaired) electrons. The molecule has 0 unspecified atom stereocenters. The van der Waals surface area contributed by atoms with Crippen molar-refractivity contribution in [3.05, 3.63) is 29.8 Å². The molecule has 0 amide bonds. The number of halogens is 1. The molecule has 21 heavy (non-hydrogen) atoms. The van der Waals surface area contributed by atoms with Gasteiger partial charge in [-0.3, -0.25) is 0 Å². The van der Waals surface area contributed by atoms with E-state index >= 15 is 0 Å². The van der Waals surface area contributed by atoms with Gasteiger partial charge in [0.1, 0.15) is 5.75 Å². The highest BCUT2D eigenvalue weighted by Crippen LogP contribution is 2.39. The van der Waals surface area contributed by atoms with Gasteiger partial charge in [-0.05, 0) is 55.2 Å². The largest absolute Gasteiger partial charge is 0.497 e. The van der Waals surface area contributed by atoms with Gasteiger partial charge in [-0.2, -0.15) is 0 Å². The van der Waals surface area contributed by atoms with Gasteiger partial charge in [0.2, 0.25) is 0 Å². The van der Waals surface area contributed by atoms with E-state index in [1.807, 2.05) is 12.1 Å². The molecular weight excluding hydrogens is 328 g/mol. The van der Waals surface area contributed by atoms with Gasteiger partial charge in [-0.25, -0.2) is 0 Å². The van der Waals surface area contributed by atoms with E-state index in [1.54, 1.807) is 7.11 Å². The summed E-state index contributed by atoms with van der Waals surface area (Å²) in [6.45, 7) is 5.36. The van der Waals surface area contributed by atoms with Crippen molar-refractivity contribution in [2.45, 2.75) is 51.7 Å². The Morgan fingerprint density at radius 3 is 2.29 bits per heavy atom. The van der Waals surface area contributed by atoms with Crippen molar-refractivity contribution in [2.24, 2.45) is 11.8 Å². The molecule has 1 fully saturated rings. The summed E-state index contributed by atoms with van der Waals surface area (Å²) < 4.78 is 11.5. The number of hydrogen-bond acceptors (Lipinski definition) is 2.